The predicted octanol–water partition coefficient (Wildman–Crippen LogP) is 2.59. The van der Waals surface area contributed by atoms with Crippen molar-refractivity contribution < 1.29 is 29.3 Å². The number of aryl methyl sites for hydroxylation is 2. The maximum atomic E-state index is 12.5. The Balaban J connectivity index is 0.000000840. The van der Waals surface area contributed by atoms with Gasteiger partial charge in [0.05, 0.1) is 6.54 Å². The van der Waals surface area contributed by atoms with Crippen molar-refractivity contribution in [3.63, 3.8) is 0 Å². The molecule has 0 saturated carbocycles. The van der Waals surface area contributed by atoms with E-state index in [1.807, 2.05) is 56.3 Å². The quantitative estimate of drug-likeness (QED) is 0.459. The third-order valence-corrected chi connectivity index (χ3v) is 6.28. The second-order valence-corrected chi connectivity index (χ2v) is 9.27. The van der Waals surface area contributed by atoms with Gasteiger partial charge in [0, 0.05) is 38.3 Å². The lowest BCUT2D eigenvalue weighted by molar-refractivity contribution is -0.134. The number of carbonyl (C=O) groups is 2. The molecular formula is C27H37N3O6. The minimum absolute atomic E-state index is 0.0268. The number of anilines is 1. The Bertz CT molecular complexity index is 998. The van der Waals surface area contributed by atoms with Crippen molar-refractivity contribution in [3.05, 3.63) is 53.6 Å². The van der Waals surface area contributed by atoms with Crippen molar-refractivity contribution in [2.45, 2.75) is 51.9 Å². The number of para-hydroxylation sites is 3. The van der Waals surface area contributed by atoms with Crippen molar-refractivity contribution in [2.75, 3.05) is 38.1 Å². The molecule has 1 saturated heterocycles. The van der Waals surface area contributed by atoms with E-state index in [9.17, 15) is 9.90 Å². The highest BCUT2D eigenvalue weighted by Crippen LogP contribution is 2.31. The van der Waals surface area contributed by atoms with Crippen molar-refractivity contribution in [1.29, 1.82) is 0 Å². The molecule has 0 radical (unpaired) electrons. The lowest BCUT2D eigenvalue weighted by Crippen LogP contribution is -2.50. The van der Waals surface area contributed by atoms with Crippen LogP contribution in [0.4, 0.5) is 5.69 Å². The summed E-state index contributed by atoms with van der Waals surface area (Å²) < 4.78 is 11.6. The Hall–Kier alpha value is -3.14. The molecule has 4 rings (SSSR count). The van der Waals surface area contributed by atoms with Gasteiger partial charge in [-0.25, -0.2) is 0 Å². The summed E-state index contributed by atoms with van der Waals surface area (Å²) in [5, 5.41) is 24.5. The van der Waals surface area contributed by atoms with Crippen molar-refractivity contribution in [1.82, 2.24) is 10.2 Å². The molecule has 0 aromatic heterocycles. The van der Waals surface area contributed by atoms with Crippen molar-refractivity contribution >= 4 is 17.6 Å². The summed E-state index contributed by atoms with van der Waals surface area (Å²) in [5.74, 6) is 0.590. The summed E-state index contributed by atoms with van der Waals surface area (Å²) in [7, 11) is 0. The fourth-order valence-electron chi connectivity index (χ4n) is 4.33. The molecule has 2 aromatic carbocycles. The molecule has 2 heterocycles. The van der Waals surface area contributed by atoms with E-state index < -0.39 is 12.1 Å². The van der Waals surface area contributed by atoms with Gasteiger partial charge in [0.25, 0.3) is 5.97 Å². The van der Waals surface area contributed by atoms with Crippen LogP contribution >= 0.6 is 0 Å². The monoisotopic (exact) mass is 499 g/mol. The molecule has 196 valence electrons. The number of carboxylic acids is 1. The third kappa shape index (κ3) is 8.22. The van der Waals surface area contributed by atoms with Crippen LogP contribution in [0.2, 0.25) is 0 Å². The number of carboxylic acid groups (broad SMARTS) is 1. The van der Waals surface area contributed by atoms with Crippen LogP contribution in [0.15, 0.2) is 42.5 Å². The molecule has 2 atom stereocenters. The van der Waals surface area contributed by atoms with E-state index in [0.717, 1.165) is 55.4 Å². The van der Waals surface area contributed by atoms with E-state index in [1.165, 1.54) is 0 Å². The van der Waals surface area contributed by atoms with Gasteiger partial charge in [-0.15, -0.1) is 0 Å². The highest BCUT2D eigenvalue weighted by Gasteiger charge is 2.28. The number of carbonyl (C=O) groups excluding carboxylic acids is 1. The zero-order chi connectivity index (χ0) is 26.1. The van der Waals surface area contributed by atoms with E-state index in [2.05, 4.69) is 15.5 Å². The van der Waals surface area contributed by atoms with Crippen LogP contribution in [-0.2, 0) is 9.59 Å². The van der Waals surface area contributed by atoms with Crippen LogP contribution in [0.3, 0.4) is 0 Å². The van der Waals surface area contributed by atoms with E-state index in [4.69, 9.17) is 19.4 Å². The van der Waals surface area contributed by atoms with Gasteiger partial charge in [-0.1, -0.05) is 30.3 Å². The Labute approximate surface area is 212 Å². The van der Waals surface area contributed by atoms with Crippen molar-refractivity contribution in [2.24, 2.45) is 0 Å². The zero-order valence-electron chi connectivity index (χ0n) is 21.2. The minimum Gasteiger partial charge on any atom is -0.486 e. The molecule has 0 bridgehead atoms. The molecular weight excluding hydrogens is 462 g/mol. The first-order valence-corrected chi connectivity index (χ1v) is 12.3. The number of aliphatic hydroxyl groups is 1. The van der Waals surface area contributed by atoms with Crippen LogP contribution in [0, 0.1) is 13.8 Å². The Morgan fingerprint density at radius 3 is 2.31 bits per heavy atom. The highest BCUT2D eigenvalue weighted by atomic mass is 16.6. The molecule has 2 aromatic rings. The topological polar surface area (TPSA) is 120 Å². The molecule has 0 aliphatic carbocycles. The molecule has 4 N–H and O–H groups in total. The normalized spacial score (nSPS) is 18.5. The number of hydrogen-bond acceptors (Lipinski definition) is 7. The highest BCUT2D eigenvalue weighted by molar-refractivity contribution is 5.93. The third-order valence-electron chi connectivity index (χ3n) is 6.28. The zero-order valence-corrected chi connectivity index (χ0v) is 21.2. The molecule has 2 aliphatic heterocycles. The summed E-state index contributed by atoms with van der Waals surface area (Å²) in [6.45, 7) is 8.00. The largest absolute Gasteiger partial charge is 0.486 e. The summed E-state index contributed by atoms with van der Waals surface area (Å²) in [6.07, 6.45) is 0.846. The van der Waals surface area contributed by atoms with E-state index in [0.29, 0.717) is 31.5 Å². The molecule has 36 heavy (non-hydrogen) atoms. The second kappa shape index (κ2) is 13.2. The SMILES string of the molecule is CC(=O)O.Cc1cccc(C)c1NC(=O)CN1CCC(NCC(O)C2COc3ccccc3O2)CC1. The molecule has 2 aliphatic rings. The fourth-order valence-corrected chi connectivity index (χ4v) is 4.33. The number of piperidine rings is 1. The number of hydrogen-bond donors (Lipinski definition) is 4. The smallest absolute Gasteiger partial charge is 0.300 e. The molecule has 0 spiro atoms. The Kier molecular flexibility index (Phi) is 10.1. The van der Waals surface area contributed by atoms with Crippen molar-refractivity contribution in [3.8, 4) is 11.5 Å². The lowest BCUT2D eigenvalue weighted by atomic mass is 10.0. The van der Waals surface area contributed by atoms with Crippen LogP contribution in [0.1, 0.15) is 30.9 Å². The van der Waals surface area contributed by atoms with Gasteiger partial charge in [-0.05, 0) is 49.9 Å². The van der Waals surface area contributed by atoms with Crippen LogP contribution in [0.25, 0.3) is 0 Å². The number of aliphatic hydroxyl groups excluding tert-OH is 1. The maximum absolute atomic E-state index is 12.5. The first-order valence-electron chi connectivity index (χ1n) is 12.3. The van der Waals surface area contributed by atoms with Crippen LogP contribution < -0.4 is 20.1 Å². The molecule has 1 amide bonds. The molecule has 2 unspecified atom stereocenters. The van der Waals surface area contributed by atoms with Gasteiger partial charge in [-0.3, -0.25) is 14.5 Å². The van der Waals surface area contributed by atoms with E-state index in [1.54, 1.807) is 0 Å². The van der Waals surface area contributed by atoms with Crippen LogP contribution in [0.5, 0.6) is 11.5 Å². The Morgan fingerprint density at radius 2 is 1.67 bits per heavy atom. The molecule has 9 nitrogen and oxygen atoms in total. The van der Waals surface area contributed by atoms with Gasteiger partial charge in [0.2, 0.25) is 5.91 Å². The minimum atomic E-state index is -0.833. The van der Waals surface area contributed by atoms with Gasteiger partial charge in [0.1, 0.15) is 12.7 Å². The number of nitrogens with zero attached hydrogens (tertiary/aromatic N) is 1. The average molecular weight is 500 g/mol. The predicted molar refractivity (Wildman–Crippen MR) is 138 cm³/mol. The fraction of sp³-hybridized carbons (Fsp3) is 0.481. The van der Waals surface area contributed by atoms with Gasteiger partial charge < -0.3 is 30.3 Å². The van der Waals surface area contributed by atoms with E-state index >= 15 is 0 Å². The summed E-state index contributed by atoms with van der Waals surface area (Å²) in [6, 6.07) is 13.9. The van der Waals surface area contributed by atoms with Gasteiger partial charge in [0.15, 0.2) is 17.6 Å². The molecule has 1 fully saturated rings. The first kappa shape index (κ1) is 27.4. The van der Waals surface area contributed by atoms with Crippen LogP contribution in [-0.4, -0.2) is 78.0 Å². The number of rotatable bonds is 7. The average Bonchev–Trinajstić information content (AvgIpc) is 2.85. The number of amides is 1. The summed E-state index contributed by atoms with van der Waals surface area (Å²) in [4.78, 5) is 23.7. The number of nitrogens with one attached hydrogen (secondary N) is 2. The number of benzene rings is 2. The number of aliphatic carboxylic acids is 1. The number of ether oxygens (including phenoxy) is 2. The molecule has 9 heteroatoms. The summed E-state index contributed by atoms with van der Waals surface area (Å²) in [5.41, 5.74) is 3.07. The Morgan fingerprint density at radius 1 is 1.06 bits per heavy atom. The maximum Gasteiger partial charge on any atom is 0.300 e. The van der Waals surface area contributed by atoms with E-state index in [-0.39, 0.29) is 12.0 Å². The summed E-state index contributed by atoms with van der Waals surface area (Å²) >= 11 is 0. The first-order chi connectivity index (χ1) is 17.2. The van der Waals surface area contributed by atoms with Gasteiger partial charge >= 0.3 is 0 Å². The standard InChI is InChI=1S/C25H33N3O4.C2H4O2/c1-17-6-5-7-18(2)25(17)27-24(30)15-28-12-10-19(11-13-28)26-14-20(29)23-16-31-21-8-3-4-9-22(21)32-23;1-2(3)4/h3-9,19-20,23,26,29H,10-16H2,1-2H3,(H,27,30);1H3,(H,3,4). The number of likely N-dealkylation sites (tertiary alicyclic amines) is 1. The second-order valence-electron chi connectivity index (χ2n) is 9.27. The lowest BCUT2D eigenvalue weighted by Gasteiger charge is -2.34. The van der Waals surface area contributed by atoms with Gasteiger partial charge in [-0.2, -0.15) is 0 Å². The number of fused-ring (bicyclic) bond motifs is 1.